The minimum absolute atomic E-state index is 0.370. The Labute approximate surface area is 199 Å². The summed E-state index contributed by atoms with van der Waals surface area (Å²) in [6.07, 6.45) is 1.36. The second kappa shape index (κ2) is 9.44. The molecule has 5 rings (SSSR count). The molecule has 0 spiro atoms. The summed E-state index contributed by atoms with van der Waals surface area (Å²) in [7, 11) is 0. The van der Waals surface area contributed by atoms with Gasteiger partial charge in [-0.25, -0.2) is 4.79 Å². The predicted molar refractivity (Wildman–Crippen MR) is 137 cm³/mol. The second-order valence-corrected chi connectivity index (χ2v) is 8.59. The first-order chi connectivity index (χ1) is 16.6. The first-order valence-corrected chi connectivity index (χ1v) is 11.6. The molecule has 34 heavy (non-hydrogen) atoms. The molecule has 5 aromatic rings. The highest BCUT2D eigenvalue weighted by molar-refractivity contribution is 5.98. The molecule has 0 aliphatic rings. The number of carboxylic acids is 1. The van der Waals surface area contributed by atoms with Crippen LogP contribution in [0.1, 0.15) is 33.6 Å². The summed E-state index contributed by atoms with van der Waals surface area (Å²) in [6.45, 7) is 3.11. The molecule has 0 aliphatic heterocycles. The van der Waals surface area contributed by atoms with Crippen molar-refractivity contribution in [1.82, 2.24) is 4.57 Å². The van der Waals surface area contributed by atoms with Gasteiger partial charge in [-0.1, -0.05) is 78.9 Å². The molecular weight excluding hydrogens is 422 g/mol. The van der Waals surface area contributed by atoms with E-state index < -0.39 is 5.97 Å². The van der Waals surface area contributed by atoms with Gasteiger partial charge in [0.25, 0.3) is 0 Å². The minimum atomic E-state index is -0.894. The van der Waals surface area contributed by atoms with Crippen LogP contribution in [0.5, 0.6) is 5.75 Å². The molecule has 0 amide bonds. The van der Waals surface area contributed by atoms with Gasteiger partial charge in [-0.05, 0) is 54.0 Å². The molecule has 0 unspecified atom stereocenters. The van der Waals surface area contributed by atoms with Crippen molar-refractivity contribution in [3.05, 3.63) is 113 Å². The number of rotatable bonds is 8. The van der Waals surface area contributed by atoms with Crippen LogP contribution in [0, 0.1) is 6.92 Å². The number of ether oxygens (including phenoxy) is 1. The minimum Gasteiger partial charge on any atom is -0.493 e. The number of hydrogen-bond donors (Lipinski definition) is 1. The molecular formula is C30H27NO3. The van der Waals surface area contributed by atoms with Crippen molar-refractivity contribution < 1.29 is 14.6 Å². The van der Waals surface area contributed by atoms with Gasteiger partial charge in [0.1, 0.15) is 11.4 Å². The van der Waals surface area contributed by atoms with E-state index >= 15 is 0 Å². The highest BCUT2D eigenvalue weighted by Crippen LogP contribution is 2.30. The van der Waals surface area contributed by atoms with Gasteiger partial charge >= 0.3 is 5.97 Å². The van der Waals surface area contributed by atoms with Crippen molar-refractivity contribution in [3.8, 4) is 5.75 Å². The van der Waals surface area contributed by atoms with E-state index in [4.69, 9.17) is 4.74 Å². The number of benzene rings is 4. The molecule has 0 aliphatic carbocycles. The zero-order valence-corrected chi connectivity index (χ0v) is 19.2. The second-order valence-electron chi connectivity index (χ2n) is 8.59. The zero-order valence-electron chi connectivity index (χ0n) is 19.2. The van der Waals surface area contributed by atoms with Crippen molar-refractivity contribution in [2.45, 2.75) is 26.3 Å². The third kappa shape index (κ3) is 4.15. The van der Waals surface area contributed by atoms with E-state index in [0.717, 1.165) is 50.5 Å². The molecule has 0 saturated heterocycles. The van der Waals surface area contributed by atoms with Crippen LogP contribution in [0.2, 0.25) is 0 Å². The molecule has 1 heterocycles. The largest absolute Gasteiger partial charge is 0.493 e. The average Bonchev–Trinajstić information content (AvgIpc) is 3.17. The Hall–Kier alpha value is -4.05. The third-order valence-electron chi connectivity index (χ3n) is 6.45. The number of nitrogens with zero attached hydrogens (tertiary/aromatic N) is 1. The number of para-hydroxylation sites is 1. The lowest BCUT2D eigenvalue weighted by molar-refractivity contribution is 0.0684. The van der Waals surface area contributed by atoms with E-state index in [1.807, 2.05) is 65.2 Å². The Kier molecular flexibility index (Phi) is 6.05. The van der Waals surface area contributed by atoms with Crippen LogP contribution in [0.15, 0.2) is 91.0 Å². The van der Waals surface area contributed by atoms with Crippen LogP contribution in [0.4, 0.5) is 0 Å². The van der Waals surface area contributed by atoms with E-state index in [0.29, 0.717) is 25.3 Å². The van der Waals surface area contributed by atoms with Crippen molar-refractivity contribution in [2.24, 2.45) is 0 Å². The topological polar surface area (TPSA) is 51.5 Å². The number of carbonyl (C=O) groups is 1. The number of carboxylic acid groups (broad SMARTS) is 1. The summed E-state index contributed by atoms with van der Waals surface area (Å²) in [4.78, 5) is 12.4. The van der Waals surface area contributed by atoms with Crippen LogP contribution in [-0.4, -0.2) is 22.2 Å². The summed E-state index contributed by atoms with van der Waals surface area (Å²) in [5.74, 6) is -0.0340. The summed E-state index contributed by atoms with van der Waals surface area (Å²) in [5, 5.41) is 13.4. The van der Waals surface area contributed by atoms with Gasteiger partial charge < -0.3 is 14.4 Å². The lowest BCUT2D eigenvalue weighted by Crippen LogP contribution is -2.12. The Morgan fingerprint density at radius 1 is 0.853 bits per heavy atom. The maximum atomic E-state index is 12.4. The van der Waals surface area contributed by atoms with Gasteiger partial charge in [0.05, 0.1) is 6.61 Å². The van der Waals surface area contributed by atoms with Gasteiger partial charge in [0.2, 0.25) is 0 Å². The maximum absolute atomic E-state index is 12.4. The number of aromatic carboxylic acids is 1. The average molecular weight is 450 g/mol. The molecule has 4 aromatic carbocycles. The molecule has 0 fully saturated rings. The molecule has 0 radical (unpaired) electrons. The van der Waals surface area contributed by atoms with E-state index in [9.17, 15) is 9.90 Å². The number of aromatic nitrogens is 1. The van der Waals surface area contributed by atoms with E-state index in [1.54, 1.807) is 0 Å². The van der Waals surface area contributed by atoms with Crippen LogP contribution in [0.3, 0.4) is 0 Å². The smallest absolute Gasteiger partial charge is 0.352 e. The van der Waals surface area contributed by atoms with Gasteiger partial charge in [0, 0.05) is 22.8 Å². The monoisotopic (exact) mass is 449 g/mol. The fraction of sp³-hybridized carbons (Fsp3) is 0.167. The van der Waals surface area contributed by atoms with Gasteiger partial charge in [-0.15, -0.1) is 0 Å². The predicted octanol–water partition coefficient (Wildman–Crippen LogP) is 6.86. The zero-order chi connectivity index (χ0) is 23.5. The first kappa shape index (κ1) is 21.8. The highest BCUT2D eigenvalue weighted by atomic mass is 16.5. The fourth-order valence-corrected chi connectivity index (χ4v) is 4.75. The Bertz CT molecular complexity index is 1480. The van der Waals surface area contributed by atoms with Crippen molar-refractivity contribution in [2.75, 3.05) is 6.61 Å². The number of hydrogen-bond acceptors (Lipinski definition) is 2. The maximum Gasteiger partial charge on any atom is 0.352 e. The van der Waals surface area contributed by atoms with E-state index in [-0.39, 0.29) is 0 Å². The lowest BCUT2D eigenvalue weighted by atomic mass is 10.1. The molecule has 1 N–H and O–H groups in total. The number of aryl methyl sites for hydroxylation is 2. The lowest BCUT2D eigenvalue weighted by Gasteiger charge is -2.12. The summed E-state index contributed by atoms with van der Waals surface area (Å²) < 4.78 is 8.06. The SMILES string of the molecule is Cc1ccccc1Cn1c(C(=O)O)c(CCCOc2cccc3ccccc23)c2ccccc21. The van der Waals surface area contributed by atoms with Gasteiger partial charge in [-0.3, -0.25) is 0 Å². The Balaban J connectivity index is 1.42. The highest BCUT2D eigenvalue weighted by Gasteiger charge is 2.22. The van der Waals surface area contributed by atoms with Crippen molar-refractivity contribution >= 4 is 27.6 Å². The van der Waals surface area contributed by atoms with Crippen LogP contribution in [-0.2, 0) is 13.0 Å². The molecule has 1 aromatic heterocycles. The summed E-state index contributed by atoms with van der Waals surface area (Å²) in [5.41, 5.74) is 4.47. The molecule has 0 atom stereocenters. The third-order valence-corrected chi connectivity index (χ3v) is 6.45. The van der Waals surface area contributed by atoms with Crippen molar-refractivity contribution in [3.63, 3.8) is 0 Å². The van der Waals surface area contributed by atoms with Crippen LogP contribution < -0.4 is 4.74 Å². The molecule has 170 valence electrons. The standard InChI is InChI=1S/C30H27NO3/c1-21-10-2-3-12-23(21)20-31-27-17-7-6-15-25(27)26(29(31)30(32)33)16-9-19-34-28-18-8-13-22-11-4-5-14-24(22)28/h2-8,10-15,17-18H,9,16,19-20H2,1H3,(H,32,33). The number of fused-ring (bicyclic) bond motifs is 2. The Morgan fingerprint density at radius 3 is 2.38 bits per heavy atom. The van der Waals surface area contributed by atoms with Crippen molar-refractivity contribution in [1.29, 1.82) is 0 Å². The molecule has 4 heteroatoms. The quantitative estimate of drug-likeness (QED) is 0.263. The van der Waals surface area contributed by atoms with Crippen LogP contribution >= 0.6 is 0 Å². The van der Waals surface area contributed by atoms with Gasteiger partial charge in [0.15, 0.2) is 0 Å². The normalized spacial score (nSPS) is 11.2. The summed E-state index contributed by atoms with van der Waals surface area (Å²) >= 11 is 0. The molecule has 0 saturated carbocycles. The fourth-order valence-electron chi connectivity index (χ4n) is 4.75. The molecule has 0 bridgehead atoms. The van der Waals surface area contributed by atoms with E-state index in [2.05, 4.69) is 37.3 Å². The van der Waals surface area contributed by atoms with Gasteiger partial charge in [-0.2, -0.15) is 0 Å². The first-order valence-electron chi connectivity index (χ1n) is 11.6. The Morgan fingerprint density at radius 2 is 1.56 bits per heavy atom. The van der Waals surface area contributed by atoms with Crippen LogP contribution in [0.25, 0.3) is 21.7 Å². The van der Waals surface area contributed by atoms with E-state index in [1.165, 1.54) is 0 Å². The molecule has 4 nitrogen and oxygen atoms in total. The summed E-state index contributed by atoms with van der Waals surface area (Å²) in [6, 6.07) is 30.3.